The Kier molecular flexibility index (Phi) is 7.40. The fraction of sp³-hybridized carbons (Fsp3) is 0.417. The lowest BCUT2D eigenvalue weighted by molar-refractivity contribution is -0.143. The Morgan fingerprint density at radius 3 is 3.00 bits per heavy atom. The van der Waals surface area contributed by atoms with E-state index in [0.717, 1.165) is 5.56 Å². The highest BCUT2D eigenvalue weighted by molar-refractivity contribution is 9.10. The van der Waals surface area contributed by atoms with Crippen molar-refractivity contribution in [2.45, 2.75) is 12.5 Å². The summed E-state index contributed by atoms with van der Waals surface area (Å²) in [5, 5.41) is 7.07. The highest BCUT2D eigenvalue weighted by Gasteiger charge is 2.21. The maximum absolute atomic E-state index is 11.8. The van der Waals surface area contributed by atoms with Crippen LogP contribution in [-0.2, 0) is 9.53 Å². The van der Waals surface area contributed by atoms with Crippen LogP contribution in [0.25, 0.3) is 10.4 Å². The molecule has 0 bridgehead atoms. The van der Waals surface area contributed by atoms with E-state index in [2.05, 4.69) is 31.3 Å². The van der Waals surface area contributed by atoms with E-state index in [1.54, 1.807) is 18.2 Å². The lowest BCUT2D eigenvalue weighted by Crippen LogP contribution is -2.30. The Morgan fingerprint density at radius 2 is 2.40 bits per heavy atom. The summed E-state index contributed by atoms with van der Waals surface area (Å²) in [5.74, 6) is -0.386. The van der Waals surface area contributed by atoms with Gasteiger partial charge >= 0.3 is 5.97 Å². The smallest absolute Gasteiger partial charge is 0.327 e. The highest BCUT2D eigenvalue weighted by atomic mass is 79.9. The molecule has 1 aromatic rings. The Balaban J connectivity index is 2.75. The average Bonchev–Trinajstić information content (AvgIpc) is 2.45. The Labute approximate surface area is 130 Å². The quantitative estimate of drug-likeness (QED) is 0.264. The lowest BCUT2D eigenvalue weighted by atomic mass is 10.1. The van der Waals surface area contributed by atoms with Crippen LogP contribution in [0.5, 0.6) is 0 Å². The van der Waals surface area contributed by atoms with Crippen LogP contribution in [0.3, 0.4) is 0 Å². The van der Waals surface area contributed by atoms with Gasteiger partial charge in [-0.25, -0.2) is 4.79 Å². The van der Waals surface area contributed by atoms with Crippen LogP contribution >= 0.6 is 27.5 Å². The molecule has 0 heterocycles. The number of rotatable bonds is 7. The lowest BCUT2D eigenvalue weighted by Gasteiger charge is -2.17. The van der Waals surface area contributed by atoms with Crippen LogP contribution in [0.4, 0.5) is 0 Å². The van der Waals surface area contributed by atoms with Crippen molar-refractivity contribution >= 4 is 33.5 Å². The Morgan fingerprint density at radius 1 is 1.65 bits per heavy atom. The van der Waals surface area contributed by atoms with Crippen LogP contribution in [0.15, 0.2) is 27.8 Å². The zero-order chi connectivity index (χ0) is 15.0. The number of benzene rings is 1. The highest BCUT2D eigenvalue weighted by Crippen LogP contribution is 2.26. The number of carbonyl (C=O) groups excluding carboxylic acids is 1. The fourth-order valence-corrected chi connectivity index (χ4v) is 2.10. The van der Waals surface area contributed by atoms with Gasteiger partial charge in [0.05, 0.1) is 12.1 Å². The second-order valence-electron chi connectivity index (χ2n) is 3.89. The summed E-state index contributed by atoms with van der Waals surface area (Å²) < 4.78 is 5.49. The first-order chi connectivity index (χ1) is 9.60. The van der Waals surface area contributed by atoms with E-state index >= 15 is 0 Å². The number of nitrogens with one attached hydrogen (secondary N) is 1. The molecule has 0 aliphatic carbocycles. The molecule has 0 spiro atoms. The number of ether oxygens (including phenoxy) is 1. The zero-order valence-corrected chi connectivity index (χ0v) is 13.2. The standard InChI is InChI=1S/C12H14BrClN4O2/c1-20-12(19)11(16-5-2-6-17-18-15)8-3-4-10(14)9(13)7-8/h3-4,7,11,16H,2,5-6H2,1H3. The van der Waals surface area contributed by atoms with Crippen molar-refractivity contribution in [1.82, 2.24) is 5.32 Å². The van der Waals surface area contributed by atoms with E-state index in [-0.39, 0.29) is 5.97 Å². The van der Waals surface area contributed by atoms with Gasteiger partial charge in [0.2, 0.25) is 0 Å². The molecule has 0 saturated heterocycles. The maximum Gasteiger partial charge on any atom is 0.327 e. The third kappa shape index (κ3) is 5.02. The molecular weight excluding hydrogens is 348 g/mol. The molecule has 1 rings (SSSR count). The van der Waals surface area contributed by atoms with E-state index in [4.69, 9.17) is 21.9 Å². The van der Waals surface area contributed by atoms with E-state index in [9.17, 15) is 4.79 Å². The van der Waals surface area contributed by atoms with Crippen LogP contribution < -0.4 is 5.32 Å². The molecule has 0 fully saturated rings. The summed E-state index contributed by atoms with van der Waals surface area (Å²) in [7, 11) is 1.34. The van der Waals surface area contributed by atoms with Crippen molar-refractivity contribution in [3.05, 3.63) is 43.7 Å². The third-order valence-electron chi connectivity index (χ3n) is 2.56. The van der Waals surface area contributed by atoms with E-state index < -0.39 is 6.04 Å². The predicted octanol–water partition coefficient (Wildman–Crippen LogP) is 3.61. The first kappa shape index (κ1) is 16.8. The number of hydrogen-bond donors (Lipinski definition) is 1. The normalized spacial score (nSPS) is 11.6. The van der Waals surface area contributed by atoms with Gasteiger partial charge < -0.3 is 10.1 Å². The van der Waals surface area contributed by atoms with Crippen molar-refractivity contribution in [2.75, 3.05) is 20.2 Å². The van der Waals surface area contributed by atoms with Crippen molar-refractivity contribution in [3.63, 3.8) is 0 Å². The number of nitrogens with zero attached hydrogens (tertiary/aromatic N) is 3. The summed E-state index contributed by atoms with van der Waals surface area (Å²) in [6.45, 7) is 0.904. The first-order valence-corrected chi connectivity index (χ1v) is 7.04. The minimum atomic E-state index is -0.584. The Bertz CT molecular complexity index is 520. The zero-order valence-electron chi connectivity index (χ0n) is 10.8. The van der Waals surface area contributed by atoms with Crippen LogP contribution in [-0.4, -0.2) is 26.2 Å². The van der Waals surface area contributed by atoms with Crippen molar-refractivity contribution in [3.8, 4) is 0 Å². The largest absolute Gasteiger partial charge is 0.468 e. The number of carbonyl (C=O) groups is 1. The van der Waals surface area contributed by atoms with Crippen LogP contribution in [0.2, 0.25) is 5.02 Å². The van der Waals surface area contributed by atoms with Crippen LogP contribution in [0.1, 0.15) is 18.0 Å². The minimum Gasteiger partial charge on any atom is -0.468 e. The number of azide groups is 1. The van der Waals surface area contributed by atoms with Gasteiger partial charge in [-0.05, 0) is 52.1 Å². The molecule has 8 heteroatoms. The summed E-state index contributed by atoms with van der Waals surface area (Å²) in [6.07, 6.45) is 0.631. The molecule has 0 aliphatic heterocycles. The monoisotopic (exact) mass is 360 g/mol. The summed E-state index contributed by atoms with van der Waals surface area (Å²) in [6, 6.07) is 4.65. The van der Waals surface area contributed by atoms with Crippen LogP contribution in [0, 0.1) is 0 Å². The molecule has 1 N–H and O–H groups in total. The summed E-state index contributed by atoms with van der Waals surface area (Å²) in [4.78, 5) is 14.5. The topological polar surface area (TPSA) is 87.1 Å². The molecular formula is C12H14BrClN4O2. The van der Waals surface area contributed by atoms with Crippen molar-refractivity contribution in [1.29, 1.82) is 0 Å². The fourth-order valence-electron chi connectivity index (χ4n) is 1.59. The molecule has 1 unspecified atom stereocenters. The summed E-state index contributed by atoms with van der Waals surface area (Å²) >= 11 is 9.25. The number of hydrogen-bond acceptors (Lipinski definition) is 4. The summed E-state index contributed by atoms with van der Waals surface area (Å²) in [5.41, 5.74) is 8.93. The molecule has 6 nitrogen and oxygen atoms in total. The van der Waals surface area contributed by atoms with Crippen molar-refractivity contribution < 1.29 is 9.53 Å². The molecule has 0 saturated carbocycles. The predicted molar refractivity (Wildman–Crippen MR) is 80.5 cm³/mol. The first-order valence-electron chi connectivity index (χ1n) is 5.87. The molecule has 20 heavy (non-hydrogen) atoms. The van der Waals surface area contributed by atoms with Crippen molar-refractivity contribution in [2.24, 2.45) is 5.11 Å². The molecule has 1 aromatic carbocycles. The number of methoxy groups -OCH3 is 1. The molecule has 1 atom stereocenters. The van der Waals surface area contributed by atoms with Gasteiger partial charge in [0.1, 0.15) is 6.04 Å². The van der Waals surface area contributed by atoms with E-state index in [1.807, 2.05) is 0 Å². The van der Waals surface area contributed by atoms with Gasteiger partial charge in [0.25, 0.3) is 0 Å². The third-order valence-corrected chi connectivity index (χ3v) is 3.77. The second-order valence-corrected chi connectivity index (χ2v) is 5.15. The van der Waals surface area contributed by atoms with Gasteiger partial charge in [-0.1, -0.05) is 22.8 Å². The van der Waals surface area contributed by atoms with Gasteiger partial charge in [-0.2, -0.15) is 0 Å². The maximum atomic E-state index is 11.8. The molecule has 0 amide bonds. The SMILES string of the molecule is COC(=O)C(NCCCN=[N+]=[N-])c1ccc(Cl)c(Br)c1. The van der Waals surface area contributed by atoms with E-state index in [0.29, 0.717) is 29.0 Å². The second kappa shape index (κ2) is 8.81. The van der Waals surface area contributed by atoms with Gasteiger partial charge in [-0.15, -0.1) is 0 Å². The minimum absolute atomic E-state index is 0.377. The van der Waals surface area contributed by atoms with Gasteiger partial charge in [0.15, 0.2) is 0 Å². The Hall–Kier alpha value is -1.27. The molecule has 0 radical (unpaired) electrons. The van der Waals surface area contributed by atoms with Gasteiger partial charge in [-0.3, -0.25) is 0 Å². The van der Waals surface area contributed by atoms with E-state index in [1.165, 1.54) is 7.11 Å². The number of esters is 1. The molecule has 108 valence electrons. The number of halogens is 2. The molecule has 0 aromatic heterocycles. The van der Waals surface area contributed by atoms with Gasteiger partial charge in [0, 0.05) is 15.9 Å². The molecule has 0 aliphatic rings. The average molecular weight is 362 g/mol.